The third kappa shape index (κ3) is 2.57. The molecular weight excluding hydrogens is 254 g/mol. The van der Waals surface area contributed by atoms with Crippen LogP contribution in [0.5, 0.6) is 0 Å². The number of nitrogens with one attached hydrogen (secondary N) is 1. The van der Waals surface area contributed by atoms with Crippen LogP contribution in [-0.4, -0.2) is 21.5 Å². The highest BCUT2D eigenvalue weighted by molar-refractivity contribution is 5.80. The molecule has 0 spiro atoms. The van der Waals surface area contributed by atoms with Crippen molar-refractivity contribution in [3.63, 3.8) is 0 Å². The van der Waals surface area contributed by atoms with Crippen LogP contribution in [0.25, 0.3) is 10.9 Å². The van der Waals surface area contributed by atoms with Crippen molar-refractivity contribution in [2.45, 2.75) is 38.8 Å². The first-order valence-corrected chi connectivity index (χ1v) is 6.89. The lowest BCUT2D eigenvalue weighted by Crippen LogP contribution is -2.28. The van der Waals surface area contributed by atoms with Crippen LogP contribution in [0.4, 0.5) is 0 Å². The maximum atomic E-state index is 12.3. The van der Waals surface area contributed by atoms with E-state index in [1.54, 1.807) is 6.07 Å². The molecule has 1 aliphatic carbocycles. The van der Waals surface area contributed by atoms with Crippen molar-refractivity contribution in [3.05, 3.63) is 40.4 Å². The zero-order valence-corrected chi connectivity index (χ0v) is 11.4. The van der Waals surface area contributed by atoms with Gasteiger partial charge in [-0.15, -0.1) is 0 Å². The monoisotopic (exact) mass is 271 g/mol. The van der Waals surface area contributed by atoms with Gasteiger partial charge in [0.25, 0.3) is 5.56 Å². The number of benzene rings is 1. The standard InChI is InChI=1S/C15H17N3O2/c1-10-3-2-4-12-14(10)16-9-18(15(12)20)8-7-13(19)17-11-5-6-11/h2-4,9,11H,5-8H2,1H3,(H,17,19). The van der Waals surface area contributed by atoms with E-state index in [4.69, 9.17) is 0 Å². The third-order valence-electron chi connectivity index (χ3n) is 3.58. The Morgan fingerprint density at radius 3 is 3.00 bits per heavy atom. The van der Waals surface area contributed by atoms with Crippen LogP contribution < -0.4 is 10.9 Å². The molecule has 0 unspecified atom stereocenters. The molecule has 0 saturated heterocycles. The highest BCUT2D eigenvalue weighted by Gasteiger charge is 2.22. The number of carbonyl (C=O) groups excluding carboxylic acids is 1. The fourth-order valence-corrected chi connectivity index (χ4v) is 2.25. The van der Waals surface area contributed by atoms with Crippen LogP contribution in [0, 0.1) is 6.92 Å². The number of hydrogen-bond donors (Lipinski definition) is 1. The van der Waals surface area contributed by atoms with Gasteiger partial charge in [0, 0.05) is 19.0 Å². The van der Waals surface area contributed by atoms with Gasteiger partial charge in [-0.3, -0.25) is 14.2 Å². The van der Waals surface area contributed by atoms with Crippen LogP contribution >= 0.6 is 0 Å². The van der Waals surface area contributed by atoms with Crippen LogP contribution in [0.15, 0.2) is 29.3 Å². The van der Waals surface area contributed by atoms with Gasteiger partial charge in [0.15, 0.2) is 0 Å². The van der Waals surface area contributed by atoms with Crippen molar-refractivity contribution < 1.29 is 4.79 Å². The molecule has 1 aliphatic rings. The second-order valence-electron chi connectivity index (χ2n) is 5.31. The summed E-state index contributed by atoms with van der Waals surface area (Å²) in [5, 5.41) is 3.52. The quantitative estimate of drug-likeness (QED) is 0.913. The number of para-hydroxylation sites is 1. The number of hydrogen-bond acceptors (Lipinski definition) is 3. The van der Waals surface area contributed by atoms with E-state index in [1.807, 2.05) is 19.1 Å². The van der Waals surface area contributed by atoms with E-state index in [0.717, 1.165) is 23.9 Å². The minimum Gasteiger partial charge on any atom is -0.353 e. The predicted octanol–water partition coefficient (Wildman–Crippen LogP) is 1.37. The van der Waals surface area contributed by atoms with Gasteiger partial charge in [-0.25, -0.2) is 4.98 Å². The molecule has 1 aromatic carbocycles. The highest BCUT2D eigenvalue weighted by Crippen LogP contribution is 2.18. The molecule has 1 heterocycles. The summed E-state index contributed by atoms with van der Waals surface area (Å²) in [6.45, 7) is 2.30. The summed E-state index contributed by atoms with van der Waals surface area (Å²) in [4.78, 5) is 28.3. The van der Waals surface area contributed by atoms with Crippen LogP contribution in [0.1, 0.15) is 24.8 Å². The zero-order chi connectivity index (χ0) is 14.1. The number of rotatable bonds is 4. The highest BCUT2D eigenvalue weighted by atomic mass is 16.2. The molecule has 5 heteroatoms. The number of nitrogens with zero attached hydrogens (tertiary/aromatic N) is 2. The predicted molar refractivity (Wildman–Crippen MR) is 76.5 cm³/mol. The minimum absolute atomic E-state index is 0.00346. The summed E-state index contributed by atoms with van der Waals surface area (Å²) in [5.74, 6) is 0.00346. The van der Waals surface area contributed by atoms with Crippen LogP contribution in [0.2, 0.25) is 0 Å². The molecule has 0 bridgehead atoms. The first-order valence-electron chi connectivity index (χ1n) is 6.89. The van der Waals surface area contributed by atoms with Gasteiger partial charge in [0.05, 0.1) is 17.2 Å². The number of amides is 1. The Morgan fingerprint density at radius 2 is 2.25 bits per heavy atom. The molecule has 0 aliphatic heterocycles. The molecule has 0 radical (unpaired) electrons. The van der Waals surface area contributed by atoms with Crippen LogP contribution in [0.3, 0.4) is 0 Å². The maximum absolute atomic E-state index is 12.3. The van der Waals surface area contributed by atoms with Gasteiger partial charge in [0.1, 0.15) is 0 Å². The third-order valence-corrected chi connectivity index (χ3v) is 3.58. The molecule has 0 atom stereocenters. The van der Waals surface area contributed by atoms with Gasteiger partial charge in [0.2, 0.25) is 5.91 Å². The van der Waals surface area contributed by atoms with Gasteiger partial charge in [-0.1, -0.05) is 12.1 Å². The van der Waals surface area contributed by atoms with Gasteiger partial charge < -0.3 is 5.32 Å². The molecule has 1 fully saturated rings. The molecule has 1 N–H and O–H groups in total. The van der Waals surface area contributed by atoms with Crippen molar-refractivity contribution in [2.24, 2.45) is 0 Å². The summed E-state index contributed by atoms with van der Waals surface area (Å²) < 4.78 is 1.51. The van der Waals surface area contributed by atoms with Gasteiger partial charge in [-0.05, 0) is 31.4 Å². The van der Waals surface area contributed by atoms with Crippen molar-refractivity contribution in [2.75, 3.05) is 0 Å². The summed E-state index contributed by atoms with van der Waals surface area (Å²) >= 11 is 0. The normalized spacial score (nSPS) is 14.4. The first-order chi connectivity index (χ1) is 9.65. The van der Waals surface area contributed by atoms with Crippen molar-refractivity contribution in [3.8, 4) is 0 Å². The number of aryl methyl sites for hydroxylation is 2. The summed E-state index contributed by atoms with van der Waals surface area (Å²) in [5.41, 5.74) is 1.63. The van der Waals surface area contributed by atoms with E-state index in [2.05, 4.69) is 10.3 Å². The van der Waals surface area contributed by atoms with Crippen molar-refractivity contribution in [1.82, 2.24) is 14.9 Å². The number of fused-ring (bicyclic) bond motifs is 1. The first kappa shape index (κ1) is 12.8. The number of carbonyl (C=O) groups is 1. The Labute approximate surface area is 116 Å². The second-order valence-corrected chi connectivity index (χ2v) is 5.31. The summed E-state index contributed by atoms with van der Waals surface area (Å²) in [6.07, 6.45) is 3.99. The van der Waals surface area contributed by atoms with E-state index in [0.29, 0.717) is 24.4 Å². The minimum atomic E-state index is -0.0853. The van der Waals surface area contributed by atoms with Crippen molar-refractivity contribution in [1.29, 1.82) is 0 Å². The molecular formula is C15H17N3O2. The lowest BCUT2D eigenvalue weighted by atomic mass is 10.1. The molecule has 1 saturated carbocycles. The Hall–Kier alpha value is -2.17. The molecule has 5 nitrogen and oxygen atoms in total. The molecule has 1 amide bonds. The average Bonchev–Trinajstić information content (AvgIpc) is 3.23. The van der Waals surface area contributed by atoms with Crippen LogP contribution in [-0.2, 0) is 11.3 Å². The SMILES string of the molecule is Cc1cccc2c(=O)n(CCC(=O)NC3CC3)cnc12. The Bertz CT molecular complexity index is 717. The fourth-order valence-electron chi connectivity index (χ4n) is 2.25. The smallest absolute Gasteiger partial charge is 0.261 e. The maximum Gasteiger partial charge on any atom is 0.261 e. The second kappa shape index (κ2) is 5.07. The Balaban J connectivity index is 1.79. The summed E-state index contributed by atoms with van der Waals surface area (Å²) in [7, 11) is 0. The molecule has 104 valence electrons. The fraction of sp³-hybridized carbons (Fsp3) is 0.400. The van der Waals surface area contributed by atoms with E-state index < -0.39 is 0 Å². The number of aromatic nitrogens is 2. The van der Waals surface area contributed by atoms with E-state index in [1.165, 1.54) is 10.9 Å². The molecule has 1 aromatic heterocycles. The van der Waals surface area contributed by atoms with Gasteiger partial charge >= 0.3 is 0 Å². The Kier molecular flexibility index (Phi) is 3.26. The zero-order valence-electron chi connectivity index (χ0n) is 11.4. The molecule has 2 aromatic rings. The van der Waals surface area contributed by atoms with E-state index in [-0.39, 0.29) is 11.5 Å². The van der Waals surface area contributed by atoms with E-state index >= 15 is 0 Å². The Morgan fingerprint density at radius 1 is 1.45 bits per heavy atom. The lowest BCUT2D eigenvalue weighted by Gasteiger charge is -2.08. The molecule has 20 heavy (non-hydrogen) atoms. The largest absolute Gasteiger partial charge is 0.353 e. The summed E-state index contributed by atoms with van der Waals surface area (Å²) in [6, 6.07) is 5.92. The average molecular weight is 271 g/mol. The van der Waals surface area contributed by atoms with E-state index in [9.17, 15) is 9.59 Å². The lowest BCUT2D eigenvalue weighted by molar-refractivity contribution is -0.121. The van der Waals surface area contributed by atoms with Crippen molar-refractivity contribution >= 4 is 16.8 Å². The van der Waals surface area contributed by atoms with Gasteiger partial charge in [-0.2, -0.15) is 0 Å². The topological polar surface area (TPSA) is 64.0 Å². The molecule has 3 rings (SSSR count).